The summed E-state index contributed by atoms with van der Waals surface area (Å²) in [6.45, 7) is 6.82. The number of nitrogens with one attached hydrogen (secondary N) is 2. The molecule has 0 radical (unpaired) electrons. The maximum Gasteiger partial charge on any atom is 0.274 e. The van der Waals surface area contributed by atoms with Crippen LogP contribution in [0.4, 0.5) is 0 Å². The molecule has 6 heteroatoms. The molecule has 1 saturated carbocycles. The van der Waals surface area contributed by atoms with Gasteiger partial charge in [0.2, 0.25) is 5.09 Å². The van der Waals surface area contributed by atoms with Gasteiger partial charge in [-0.3, -0.25) is 0 Å². The van der Waals surface area contributed by atoms with Crippen LogP contribution in [-0.2, 0) is 16.6 Å². The van der Waals surface area contributed by atoms with Crippen molar-refractivity contribution in [2.45, 2.75) is 70.2 Å². The summed E-state index contributed by atoms with van der Waals surface area (Å²) in [5.74, 6) is 1.34. The number of furan rings is 1. The summed E-state index contributed by atoms with van der Waals surface area (Å²) in [5, 5.41) is 3.22. The first-order valence-corrected chi connectivity index (χ1v) is 9.19. The van der Waals surface area contributed by atoms with Crippen LogP contribution in [0, 0.1) is 5.92 Å². The highest BCUT2D eigenvalue weighted by Crippen LogP contribution is 2.25. The first-order valence-electron chi connectivity index (χ1n) is 7.71. The molecule has 0 unspecified atom stereocenters. The maximum absolute atomic E-state index is 12.3. The summed E-state index contributed by atoms with van der Waals surface area (Å²) in [6, 6.07) is 3.61. The van der Waals surface area contributed by atoms with Crippen molar-refractivity contribution in [2.75, 3.05) is 0 Å². The number of hydrogen-bond donors (Lipinski definition) is 2. The van der Waals surface area contributed by atoms with Crippen LogP contribution in [0.2, 0.25) is 0 Å². The average Bonchev–Trinajstić information content (AvgIpc) is 2.88. The highest BCUT2D eigenvalue weighted by Gasteiger charge is 2.26. The van der Waals surface area contributed by atoms with Crippen molar-refractivity contribution in [1.82, 2.24) is 10.0 Å². The number of sulfonamides is 1. The van der Waals surface area contributed by atoms with Gasteiger partial charge in [0, 0.05) is 12.1 Å². The van der Waals surface area contributed by atoms with Gasteiger partial charge in [0.25, 0.3) is 10.0 Å². The zero-order valence-electron chi connectivity index (χ0n) is 13.1. The van der Waals surface area contributed by atoms with E-state index >= 15 is 0 Å². The highest BCUT2D eigenvalue weighted by molar-refractivity contribution is 7.89. The van der Waals surface area contributed by atoms with Crippen LogP contribution in [-0.4, -0.2) is 20.5 Å². The minimum atomic E-state index is -3.54. The summed E-state index contributed by atoms with van der Waals surface area (Å²) in [5.41, 5.74) is 0. The average molecular weight is 314 g/mol. The Balaban J connectivity index is 1.96. The maximum atomic E-state index is 12.3. The summed E-state index contributed by atoms with van der Waals surface area (Å²) in [6.07, 6.45) is 3.97. The molecule has 2 N–H and O–H groups in total. The second kappa shape index (κ2) is 6.94. The van der Waals surface area contributed by atoms with Gasteiger partial charge in [0.15, 0.2) is 0 Å². The molecule has 1 heterocycles. The molecule has 1 aliphatic rings. The third-order valence-corrected chi connectivity index (χ3v) is 5.32. The van der Waals surface area contributed by atoms with E-state index < -0.39 is 10.0 Å². The van der Waals surface area contributed by atoms with Crippen molar-refractivity contribution < 1.29 is 12.8 Å². The van der Waals surface area contributed by atoms with E-state index in [0.717, 1.165) is 25.7 Å². The van der Waals surface area contributed by atoms with E-state index in [1.165, 1.54) is 6.07 Å². The largest absolute Gasteiger partial charge is 0.447 e. The summed E-state index contributed by atoms with van der Waals surface area (Å²) in [4.78, 5) is 0. The molecule has 1 fully saturated rings. The Morgan fingerprint density at radius 3 is 2.52 bits per heavy atom. The van der Waals surface area contributed by atoms with Gasteiger partial charge >= 0.3 is 0 Å². The van der Waals surface area contributed by atoms with Crippen LogP contribution in [0.1, 0.15) is 52.2 Å². The molecule has 0 atom stereocenters. The Hall–Kier alpha value is -0.850. The lowest BCUT2D eigenvalue weighted by atomic mass is 9.88. The molecule has 0 saturated heterocycles. The minimum Gasteiger partial charge on any atom is -0.447 e. The molecule has 0 spiro atoms. The minimum absolute atomic E-state index is 0.0154. The van der Waals surface area contributed by atoms with Crippen molar-refractivity contribution in [1.29, 1.82) is 0 Å². The molecule has 120 valence electrons. The van der Waals surface area contributed by atoms with Gasteiger partial charge in [-0.05, 0) is 43.7 Å². The van der Waals surface area contributed by atoms with Crippen molar-refractivity contribution in [2.24, 2.45) is 5.92 Å². The van der Waals surface area contributed by atoms with E-state index in [9.17, 15) is 8.42 Å². The first-order chi connectivity index (χ1) is 9.87. The Morgan fingerprint density at radius 2 is 1.90 bits per heavy atom. The lowest BCUT2D eigenvalue weighted by Crippen LogP contribution is -2.37. The highest BCUT2D eigenvalue weighted by atomic mass is 32.2. The second-order valence-corrected chi connectivity index (χ2v) is 7.98. The van der Waals surface area contributed by atoms with Crippen LogP contribution in [0.3, 0.4) is 0 Å². The second-order valence-electron chi connectivity index (χ2n) is 6.33. The Bertz CT molecular complexity index is 543. The van der Waals surface area contributed by atoms with Gasteiger partial charge in [-0.25, -0.2) is 13.1 Å². The van der Waals surface area contributed by atoms with Crippen LogP contribution in [0.25, 0.3) is 0 Å². The van der Waals surface area contributed by atoms with Crippen molar-refractivity contribution in [3.05, 3.63) is 17.9 Å². The van der Waals surface area contributed by atoms with Gasteiger partial charge in [0.05, 0.1) is 6.54 Å². The predicted octanol–water partition coefficient (Wildman–Crippen LogP) is 2.63. The van der Waals surface area contributed by atoms with Gasteiger partial charge in [-0.1, -0.05) is 20.8 Å². The summed E-state index contributed by atoms with van der Waals surface area (Å²) >= 11 is 0. The van der Waals surface area contributed by atoms with Crippen molar-refractivity contribution in [3.8, 4) is 0 Å². The van der Waals surface area contributed by atoms with Gasteiger partial charge in [0.1, 0.15) is 5.76 Å². The lowest BCUT2D eigenvalue weighted by molar-refractivity contribution is 0.328. The zero-order valence-corrected chi connectivity index (χ0v) is 13.9. The third kappa shape index (κ3) is 4.83. The fraction of sp³-hybridized carbons (Fsp3) is 0.733. The molecule has 0 aromatic carbocycles. The zero-order chi connectivity index (χ0) is 15.5. The molecule has 0 bridgehead atoms. The lowest BCUT2D eigenvalue weighted by Gasteiger charge is -2.26. The molecule has 2 rings (SSSR count). The standard InChI is InChI=1S/C15H26N2O3S/c1-11(2)16-10-14-8-9-15(20-14)21(18,19)17-13-6-4-12(3)5-7-13/h8-9,11-13,16-17H,4-7,10H2,1-3H3. The fourth-order valence-corrected chi connectivity index (χ4v) is 3.81. The summed E-state index contributed by atoms with van der Waals surface area (Å²) < 4.78 is 32.8. The topological polar surface area (TPSA) is 71.3 Å². The molecule has 1 aromatic rings. The molecule has 1 aliphatic carbocycles. The molecule has 0 aliphatic heterocycles. The van der Waals surface area contributed by atoms with Crippen LogP contribution < -0.4 is 10.0 Å². The number of hydrogen-bond acceptors (Lipinski definition) is 4. The van der Waals surface area contributed by atoms with E-state index in [0.29, 0.717) is 24.3 Å². The molecule has 5 nitrogen and oxygen atoms in total. The van der Waals surface area contributed by atoms with Gasteiger partial charge in [-0.15, -0.1) is 0 Å². The third-order valence-electron chi connectivity index (χ3n) is 3.92. The van der Waals surface area contributed by atoms with Crippen LogP contribution in [0.15, 0.2) is 21.6 Å². The van der Waals surface area contributed by atoms with E-state index in [1.807, 2.05) is 13.8 Å². The molecular formula is C15H26N2O3S. The van der Waals surface area contributed by atoms with Crippen LogP contribution in [0.5, 0.6) is 0 Å². The fourth-order valence-electron chi connectivity index (χ4n) is 2.56. The van der Waals surface area contributed by atoms with E-state index in [4.69, 9.17) is 4.42 Å². The smallest absolute Gasteiger partial charge is 0.274 e. The molecule has 21 heavy (non-hydrogen) atoms. The van der Waals surface area contributed by atoms with Crippen molar-refractivity contribution in [3.63, 3.8) is 0 Å². The van der Waals surface area contributed by atoms with Gasteiger partial charge in [-0.2, -0.15) is 0 Å². The van der Waals surface area contributed by atoms with E-state index in [-0.39, 0.29) is 11.1 Å². The molecule has 1 aromatic heterocycles. The predicted molar refractivity (Wildman–Crippen MR) is 82.4 cm³/mol. The van der Waals surface area contributed by atoms with E-state index in [2.05, 4.69) is 17.0 Å². The summed E-state index contributed by atoms with van der Waals surface area (Å²) in [7, 11) is -3.54. The molecule has 0 amide bonds. The van der Waals surface area contributed by atoms with Gasteiger partial charge < -0.3 is 9.73 Å². The Labute approximate surface area is 127 Å². The number of rotatable bonds is 6. The normalized spacial score (nSPS) is 23.6. The Morgan fingerprint density at radius 1 is 1.24 bits per heavy atom. The van der Waals surface area contributed by atoms with Crippen LogP contribution >= 0.6 is 0 Å². The SMILES string of the molecule is CC1CCC(NS(=O)(=O)c2ccc(CNC(C)C)o2)CC1. The Kier molecular flexibility index (Phi) is 5.46. The van der Waals surface area contributed by atoms with Crippen molar-refractivity contribution >= 4 is 10.0 Å². The first kappa shape index (κ1) is 16.5. The van der Waals surface area contributed by atoms with E-state index in [1.54, 1.807) is 6.07 Å². The molecular weight excluding hydrogens is 288 g/mol. The quantitative estimate of drug-likeness (QED) is 0.847. The monoisotopic (exact) mass is 314 g/mol.